The second-order valence-electron chi connectivity index (χ2n) is 3.97. The Bertz CT molecular complexity index is 509. The van der Waals surface area contributed by atoms with E-state index in [0.717, 1.165) is 10.7 Å². The van der Waals surface area contributed by atoms with Crippen molar-refractivity contribution in [1.29, 1.82) is 0 Å². The molecule has 1 aromatic heterocycles. The quantitative estimate of drug-likeness (QED) is 0.755. The number of sulfonamides is 1. The SMILES string of the molecule is CCCNC(=O)CN(C)S(=O)(=O)c1cn[nH]c1C. The van der Waals surface area contributed by atoms with E-state index in [1.807, 2.05) is 6.92 Å². The first kappa shape index (κ1) is 14.7. The first-order chi connectivity index (χ1) is 8.39. The van der Waals surface area contributed by atoms with Crippen LogP contribution in [0.3, 0.4) is 0 Å². The summed E-state index contributed by atoms with van der Waals surface area (Å²) in [6.07, 6.45) is 2.05. The highest BCUT2D eigenvalue weighted by Crippen LogP contribution is 2.15. The van der Waals surface area contributed by atoms with Gasteiger partial charge >= 0.3 is 0 Å². The lowest BCUT2D eigenvalue weighted by molar-refractivity contribution is -0.121. The van der Waals surface area contributed by atoms with Crippen molar-refractivity contribution in [1.82, 2.24) is 19.8 Å². The molecule has 1 aromatic rings. The Morgan fingerprint density at radius 3 is 2.72 bits per heavy atom. The van der Waals surface area contributed by atoms with E-state index < -0.39 is 10.0 Å². The van der Waals surface area contributed by atoms with Crippen LogP contribution in [0.2, 0.25) is 0 Å². The number of hydrogen-bond acceptors (Lipinski definition) is 4. The van der Waals surface area contributed by atoms with Crippen LogP contribution in [0.15, 0.2) is 11.1 Å². The topological polar surface area (TPSA) is 95.2 Å². The standard InChI is InChI=1S/C10H18N4O3S/c1-4-5-11-10(15)7-14(3)18(16,17)9-6-12-13-8(9)2/h6H,4-5,7H2,1-3H3,(H,11,15)(H,12,13). The zero-order chi connectivity index (χ0) is 13.8. The van der Waals surface area contributed by atoms with E-state index >= 15 is 0 Å². The Kier molecular flexibility index (Phi) is 4.85. The molecule has 1 rings (SSSR count). The van der Waals surface area contributed by atoms with Gasteiger partial charge in [-0.05, 0) is 13.3 Å². The van der Waals surface area contributed by atoms with Crippen LogP contribution in [-0.4, -0.2) is 49.0 Å². The van der Waals surface area contributed by atoms with Crippen LogP contribution >= 0.6 is 0 Å². The van der Waals surface area contributed by atoms with Gasteiger partial charge in [-0.25, -0.2) is 8.42 Å². The number of aryl methyl sites for hydroxylation is 1. The van der Waals surface area contributed by atoms with Gasteiger partial charge in [0.2, 0.25) is 15.9 Å². The molecular weight excluding hydrogens is 256 g/mol. The Hall–Kier alpha value is -1.41. The van der Waals surface area contributed by atoms with Gasteiger partial charge in [-0.15, -0.1) is 0 Å². The molecule has 0 aromatic carbocycles. The Morgan fingerprint density at radius 1 is 1.56 bits per heavy atom. The van der Waals surface area contributed by atoms with Crippen LogP contribution in [0, 0.1) is 6.92 Å². The number of rotatable bonds is 6. The molecule has 8 heteroatoms. The van der Waals surface area contributed by atoms with Crippen LogP contribution in [0.1, 0.15) is 19.0 Å². The van der Waals surface area contributed by atoms with Crippen molar-refractivity contribution in [3.8, 4) is 0 Å². The third-order valence-electron chi connectivity index (χ3n) is 2.41. The second-order valence-corrected chi connectivity index (χ2v) is 5.98. The molecule has 1 amide bonds. The van der Waals surface area contributed by atoms with Gasteiger partial charge in [-0.2, -0.15) is 9.40 Å². The predicted octanol–water partition coefficient (Wildman–Crippen LogP) is -0.135. The summed E-state index contributed by atoms with van der Waals surface area (Å²) in [6.45, 7) is 3.88. The lowest BCUT2D eigenvalue weighted by Crippen LogP contribution is -2.38. The molecule has 7 nitrogen and oxygen atoms in total. The van der Waals surface area contributed by atoms with E-state index in [1.165, 1.54) is 13.2 Å². The molecule has 1 heterocycles. The average molecular weight is 274 g/mol. The molecule has 2 N–H and O–H groups in total. The molecule has 18 heavy (non-hydrogen) atoms. The summed E-state index contributed by atoms with van der Waals surface area (Å²) >= 11 is 0. The minimum absolute atomic E-state index is 0.0910. The maximum Gasteiger partial charge on any atom is 0.246 e. The number of H-pyrrole nitrogens is 1. The first-order valence-electron chi connectivity index (χ1n) is 5.62. The smallest absolute Gasteiger partial charge is 0.246 e. The van der Waals surface area contributed by atoms with Gasteiger partial charge in [0.1, 0.15) is 4.90 Å². The van der Waals surface area contributed by atoms with E-state index in [0.29, 0.717) is 12.2 Å². The summed E-state index contributed by atoms with van der Waals surface area (Å²) in [4.78, 5) is 11.6. The molecule has 0 saturated carbocycles. The zero-order valence-electron chi connectivity index (χ0n) is 10.7. The number of nitrogens with zero attached hydrogens (tertiary/aromatic N) is 2. The number of carbonyl (C=O) groups excluding carboxylic acids is 1. The number of aromatic amines is 1. The molecule has 0 aliphatic rings. The van der Waals surface area contributed by atoms with Crippen molar-refractivity contribution >= 4 is 15.9 Å². The summed E-state index contributed by atoms with van der Waals surface area (Å²) < 4.78 is 25.2. The van der Waals surface area contributed by atoms with Crippen LogP contribution in [0.4, 0.5) is 0 Å². The van der Waals surface area contributed by atoms with E-state index in [4.69, 9.17) is 0 Å². The van der Waals surface area contributed by atoms with E-state index in [9.17, 15) is 13.2 Å². The predicted molar refractivity (Wildman–Crippen MR) is 66.4 cm³/mol. The number of nitrogens with one attached hydrogen (secondary N) is 2. The third-order valence-corrected chi connectivity index (χ3v) is 4.33. The molecule has 0 aliphatic heterocycles. The highest BCUT2D eigenvalue weighted by atomic mass is 32.2. The molecule has 102 valence electrons. The van der Waals surface area contributed by atoms with Crippen molar-refractivity contribution in [3.63, 3.8) is 0 Å². The van der Waals surface area contributed by atoms with Crippen LogP contribution in [0.25, 0.3) is 0 Å². The lowest BCUT2D eigenvalue weighted by Gasteiger charge is -2.16. The maximum atomic E-state index is 12.1. The van der Waals surface area contributed by atoms with Crippen LogP contribution in [-0.2, 0) is 14.8 Å². The molecule has 0 atom stereocenters. The minimum Gasteiger partial charge on any atom is -0.355 e. The minimum atomic E-state index is -3.67. The molecule has 0 unspecified atom stereocenters. The Morgan fingerprint density at radius 2 is 2.22 bits per heavy atom. The van der Waals surface area contributed by atoms with Gasteiger partial charge < -0.3 is 5.32 Å². The fourth-order valence-corrected chi connectivity index (χ4v) is 2.62. The fraction of sp³-hybridized carbons (Fsp3) is 0.600. The van der Waals surface area contributed by atoms with Gasteiger partial charge in [-0.1, -0.05) is 6.92 Å². The zero-order valence-corrected chi connectivity index (χ0v) is 11.5. The molecule has 0 aliphatic carbocycles. The van der Waals surface area contributed by atoms with Gasteiger partial charge in [0.15, 0.2) is 0 Å². The van der Waals surface area contributed by atoms with Gasteiger partial charge in [0.25, 0.3) is 0 Å². The average Bonchev–Trinajstić information content (AvgIpc) is 2.73. The Labute approximate surface area is 107 Å². The van der Waals surface area contributed by atoms with Crippen molar-refractivity contribution in [2.45, 2.75) is 25.2 Å². The highest BCUT2D eigenvalue weighted by Gasteiger charge is 2.25. The van der Waals surface area contributed by atoms with E-state index in [1.54, 1.807) is 6.92 Å². The molecule has 0 saturated heterocycles. The van der Waals surface area contributed by atoms with Crippen LogP contribution < -0.4 is 5.32 Å². The molecule has 0 radical (unpaired) electrons. The van der Waals surface area contributed by atoms with Crippen molar-refractivity contribution in [2.24, 2.45) is 0 Å². The monoisotopic (exact) mass is 274 g/mol. The number of carbonyl (C=O) groups is 1. The highest BCUT2D eigenvalue weighted by molar-refractivity contribution is 7.89. The molecule has 0 fully saturated rings. The summed E-state index contributed by atoms with van der Waals surface area (Å²) in [5.74, 6) is -0.316. The second kappa shape index (κ2) is 5.96. The van der Waals surface area contributed by atoms with Gasteiger partial charge in [0.05, 0.1) is 18.4 Å². The molecule has 0 bridgehead atoms. The Balaban J connectivity index is 2.75. The summed E-state index contributed by atoms with van der Waals surface area (Å²) in [5.41, 5.74) is 0.454. The lowest BCUT2D eigenvalue weighted by atomic mass is 10.4. The number of likely N-dealkylation sites (N-methyl/N-ethyl adjacent to an activating group) is 1. The largest absolute Gasteiger partial charge is 0.355 e. The summed E-state index contributed by atoms with van der Waals surface area (Å²) in [5, 5.41) is 8.86. The van der Waals surface area contributed by atoms with Gasteiger partial charge in [0, 0.05) is 13.6 Å². The van der Waals surface area contributed by atoms with E-state index in [2.05, 4.69) is 15.5 Å². The summed E-state index contributed by atoms with van der Waals surface area (Å²) in [7, 11) is -2.30. The molecule has 0 spiro atoms. The number of aromatic nitrogens is 2. The maximum absolute atomic E-state index is 12.1. The van der Waals surface area contributed by atoms with Gasteiger partial charge in [-0.3, -0.25) is 9.89 Å². The summed E-state index contributed by atoms with van der Waals surface area (Å²) in [6, 6.07) is 0. The van der Waals surface area contributed by atoms with Crippen molar-refractivity contribution < 1.29 is 13.2 Å². The first-order valence-corrected chi connectivity index (χ1v) is 7.06. The molecular formula is C10H18N4O3S. The number of hydrogen-bond donors (Lipinski definition) is 2. The van der Waals surface area contributed by atoms with Crippen molar-refractivity contribution in [3.05, 3.63) is 11.9 Å². The number of amides is 1. The van der Waals surface area contributed by atoms with Crippen molar-refractivity contribution in [2.75, 3.05) is 20.1 Å². The van der Waals surface area contributed by atoms with Crippen LogP contribution in [0.5, 0.6) is 0 Å². The van der Waals surface area contributed by atoms with E-state index in [-0.39, 0.29) is 17.3 Å². The normalized spacial score (nSPS) is 11.8. The fourth-order valence-electron chi connectivity index (χ4n) is 1.38. The third kappa shape index (κ3) is 3.30.